The van der Waals surface area contributed by atoms with Gasteiger partial charge in [0.1, 0.15) is 6.04 Å². The molecule has 1 rings (SSSR count). The van der Waals surface area contributed by atoms with E-state index < -0.39 is 12.2 Å². The van der Waals surface area contributed by atoms with E-state index in [4.69, 9.17) is 0 Å². The molecule has 0 amide bonds. The molecule has 1 heterocycles. The first-order valence-electron chi connectivity index (χ1n) is 3.23. The van der Waals surface area contributed by atoms with Crippen LogP contribution in [-0.2, 0) is 4.74 Å². The maximum atomic E-state index is 12.0. The summed E-state index contributed by atoms with van der Waals surface area (Å²) in [7, 11) is 3.28. The highest BCUT2D eigenvalue weighted by Crippen LogP contribution is 2.26. The fourth-order valence-electron chi connectivity index (χ4n) is 0.940. The molecule has 5 heteroatoms. The second kappa shape index (κ2) is 2.98. The van der Waals surface area contributed by atoms with Crippen molar-refractivity contribution >= 4 is 0 Å². The van der Waals surface area contributed by atoms with Crippen molar-refractivity contribution in [3.8, 4) is 0 Å². The summed E-state index contributed by atoms with van der Waals surface area (Å²) in [6, 6.07) is -1.53. The number of ether oxygens (including phenoxy) is 1. The van der Waals surface area contributed by atoms with Gasteiger partial charge in [-0.25, -0.2) is 0 Å². The number of morpholine rings is 1. The Labute approximate surface area is 62.9 Å². The normalized spacial score (nSPS) is 28.9. The summed E-state index contributed by atoms with van der Waals surface area (Å²) < 4.78 is 40.8. The first kappa shape index (κ1) is 8.80. The second-order valence-electron chi connectivity index (χ2n) is 2.44. The van der Waals surface area contributed by atoms with Crippen LogP contribution in [0.15, 0.2) is 0 Å². The van der Waals surface area contributed by atoms with Crippen molar-refractivity contribution in [2.45, 2.75) is 12.2 Å². The van der Waals surface area contributed by atoms with Crippen LogP contribution in [0.4, 0.5) is 13.2 Å². The van der Waals surface area contributed by atoms with Gasteiger partial charge in [-0.3, -0.25) is 7.05 Å². The lowest BCUT2D eigenvalue weighted by Crippen LogP contribution is -2.50. The third-order valence-corrected chi connectivity index (χ3v) is 1.62. The van der Waals surface area contributed by atoms with Crippen LogP contribution in [0, 0.1) is 7.05 Å². The maximum absolute atomic E-state index is 12.0. The van der Waals surface area contributed by atoms with E-state index in [2.05, 4.69) is 11.8 Å². The zero-order chi connectivity index (χ0) is 8.48. The molecular weight excluding hydrogens is 159 g/mol. The molecule has 1 atom stereocenters. The molecular formula is C6H9F3NO-. The first-order chi connectivity index (χ1) is 5.02. The van der Waals surface area contributed by atoms with Crippen LogP contribution in [0.3, 0.4) is 0 Å². The molecule has 0 aromatic carbocycles. The lowest BCUT2D eigenvalue weighted by Gasteiger charge is -2.39. The molecule has 1 fully saturated rings. The number of hydrogen-bond donors (Lipinski definition) is 0. The molecule has 0 aliphatic carbocycles. The standard InChI is InChI=1S/C6H9F3NO/c1-10-2-3-11-4-5(10)6(7,8)9/h5H,1-4H2/q-1. The minimum atomic E-state index is -4.22. The number of alkyl halides is 3. The summed E-state index contributed by atoms with van der Waals surface area (Å²) in [5.41, 5.74) is 0. The maximum Gasteiger partial charge on any atom is 0.403 e. The van der Waals surface area contributed by atoms with E-state index in [-0.39, 0.29) is 13.2 Å². The topological polar surface area (TPSA) is 12.5 Å². The number of nitrogens with zero attached hydrogens (tertiary/aromatic N) is 1. The predicted octanol–water partition coefficient (Wildman–Crippen LogP) is 1.04. The lowest BCUT2D eigenvalue weighted by molar-refractivity contribution is -0.203. The van der Waals surface area contributed by atoms with Crippen LogP contribution in [-0.4, -0.2) is 36.9 Å². The van der Waals surface area contributed by atoms with Gasteiger partial charge in [-0.15, -0.1) is 0 Å². The minimum absolute atomic E-state index is 0.240. The Morgan fingerprint density at radius 1 is 1.45 bits per heavy atom. The average Bonchev–Trinajstić information content (AvgIpc) is 1.86. The molecule has 1 aliphatic heterocycles. The van der Waals surface area contributed by atoms with Gasteiger partial charge in [0.05, 0.1) is 13.2 Å². The number of halogens is 3. The van der Waals surface area contributed by atoms with E-state index in [1.54, 1.807) is 0 Å². The Morgan fingerprint density at radius 3 is 2.45 bits per heavy atom. The highest BCUT2D eigenvalue weighted by molar-refractivity contribution is 4.80. The van der Waals surface area contributed by atoms with Crippen LogP contribution in [0.5, 0.6) is 0 Å². The molecule has 0 aromatic rings. The molecule has 2 nitrogen and oxygen atoms in total. The summed E-state index contributed by atoms with van der Waals surface area (Å²) in [5.74, 6) is 0. The predicted molar refractivity (Wildman–Crippen MR) is 32.7 cm³/mol. The molecule has 1 saturated heterocycles. The third-order valence-electron chi connectivity index (χ3n) is 1.62. The van der Waals surface area contributed by atoms with Gasteiger partial charge in [0.25, 0.3) is 0 Å². The van der Waals surface area contributed by atoms with Gasteiger partial charge < -0.3 is 9.64 Å². The van der Waals surface area contributed by atoms with Gasteiger partial charge in [-0.2, -0.15) is 13.2 Å². The summed E-state index contributed by atoms with van der Waals surface area (Å²) in [6.45, 7) is 0.271. The second-order valence-corrected chi connectivity index (χ2v) is 2.44. The smallest absolute Gasteiger partial charge is 0.403 e. The van der Waals surface area contributed by atoms with Crippen molar-refractivity contribution < 1.29 is 17.9 Å². The van der Waals surface area contributed by atoms with Crippen LogP contribution in [0.25, 0.3) is 0 Å². The number of hydrogen-bond acceptors (Lipinski definition) is 2. The van der Waals surface area contributed by atoms with Crippen molar-refractivity contribution in [1.29, 1.82) is 0 Å². The molecule has 0 spiro atoms. The van der Waals surface area contributed by atoms with E-state index >= 15 is 0 Å². The van der Waals surface area contributed by atoms with Crippen molar-refractivity contribution in [3.05, 3.63) is 7.05 Å². The van der Waals surface area contributed by atoms with Crippen molar-refractivity contribution in [3.63, 3.8) is 0 Å². The lowest BCUT2D eigenvalue weighted by atomic mass is 10.2. The first-order valence-corrected chi connectivity index (χ1v) is 3.23. The highest BCUT2D eigenvalue weighted by atomic mass is 19.4. The van der Waals surface area contributed by atoms with Gasteiger partial charge in [0.15, 0.2) is 0 Å². The average molecular weight is 168 g/mol. The Bertz CT molecular complexity index is 136. The van der Waals surface area contributed by atoms with Crippen LogP contribution in [0.1, 0.15) is 0 Å². The molecule has 11 heavy (non-hydrogen) atoms. The van der Waals surface area contributed by atoms with Gasteiger partial charge >= 0.3 is 6.18 Å². The summed E-state index contributed by atoms with van der Waals surface area (Å²) >= 11 is 0. The molecule has 66 valence electrons. The Morgan fingerprint density at radius 2 is 2.09 bits per heavy atom. The fraction of sp³-hybridized carbons (Fsp3) is 0.833. The highest BCUT2D eigenvalue weighted by Gasteiger charge is 2.41. The van der Waals surface area contributed by atoms with Crippen molar-refractivity contribution in [2.24, 2.45) is 0 Å². The van der Waals surface area contributed by atoms with E-state index in [9.17, 15) is 13.2 Å². The minimum Gasteiger partial charge on any atom is -0.445 e. The van der Waals surface area contributed by atoms with E-state index in [1.807, 2.05) is 0 Å². The monoisotopic (exact) mass is 168 g/mol. The summed E-state index contributed by atoms with van der Waals surface area (Å²) in [4.78, 5) is 1.02. The van der Waals surface area contributed by atoms with Crippen LogP contribution in [0.2, 0.25) is 0 Å². The summed E-state index contributed by atoms with van der Waals surface area (Å²) in [5, 5.41) is 0. The van der Waals surface area contributed by atoms with Crippen LogP contribution < -0.4 is 0 Å². The van der Waals surface area contributed by atoms with E-state index in [0.717, 1.165) is 4.90 Å². The summed E-state index contributed by atoms with van der Waals surface area (Å²) in [6.07, 6.45) is -4.22. The molecule has 0 radical (unpaired) electrons. The van der Waals surface area contributed by atoms with Gasteiger partial charge in [0.2, 0.25) is 0 Å². The largest absolute Gasteiger partial charge is 0.445 e. The SMILES string of the molecule is [CH2-]N1CCOCC1C(F)(F)F. The molecule has 0 aromatic heterocycles. The molecule has 0 bridgehead atoms. The molecule has 1 unspecified atom stereocenters. The molecule has 0 saturated carbocycles. The zero-order valence-corrected chi connectivity index (χ0v) is 5.90. The zero-order valence-electron chi connectivity index (χ0n) is 5.90. The Balaban J connectivity index is 2.55. The number of rotatable bonds is 0. The third kappa shape index (κ3) is 2.07. The van der Waals surface area contributed by atoms with Crippen molar-refractivity contribution in [1.82, 2.24) is 4.90 Å². The van der Waals surface area contributed by atoms with Crippen LogP contribution >= 0.6 is 0 Å². The quantitative estimate of drug-likeness (QED) is 0.501. The van der Waals surface area contributed by atoms with Crippen molar-refractivity contribution in [2.75, 3.05) is 19.8 Å². The van der Waals surface area contributed by atoms with Gasteiger partial charge in [0, 0.05) is 0 Å². The Kier molecular flexibility index (Phi) is 2.39. The molecule has 0 N–H and O–H groups in total. The molecule has 1 aliphatic rings. The fourth-order valence-corrected chi connectivity index (χ4v) is 0.940. The van der Waals surface area contributed by atoms with Gasteiger partial charge in [-0.05, 0) is 6.54 Å². The van der Waals surface area contributed by atoms with E-state index in [1.165, 1.54) is 0 Å². The Hall–Kier alpha value is -0.290. The van der Waals surface area contributed by atoms with E-state index in [0.29, 0.717) is 6.61 Å². The van der Waals surface area contributed by atoms with Gasteiger partial charge in [-0.1, -0.05) is 0 Å².